The lowest BCUT2D eigenvalue weighted by Crippen LogP contribution is -2.43. The van der Waals surface area contributed by atoms with Crippen LogP contribution in [0.5, 0.6) is 0 Å². The number of hydrogen-bond acceptors (Lipinski definition) is 2. The first-order valence-electron chi connectivity index (χ1n) is 7.25. The van der Waals surface area contributed by atoms with E-state index >= 15 is 0 Å². The summed E-state index contributed by atoms with van der Waals surface area (Å²) in [7, 11) is 0. The number of carbonyl (C=O) groups is 1. The van der Waals surface area contributed by atoms with Gasteiger partial charge in [-0.1, -0.05) is 19.8 Å². The van der Waals surface area contributed by atoms with Crippen LogP contribution < -0.4 is 5.73 Å². The average molecular weight is 238 g/mol. The molecule has 98 valence electrons. The predicted molar refractivity (Wildman–Crippen MR) is 69.5 cm³/mol. The van der Waals surface area contributed by atoms with Crippen molar-refractivity contribution < 1.29 is 4.79 Å². The van der Waals surface area contributed by atoms with Crippen molar-refractivity contribution >= 4 is 5.91 Å². The largest absolute Gasteiger partial charge is 0.342 e. The highest BCUT2D eigenvalue weighted by molar-refractivity contribution is 5.79. The van der Waals surface area contributed by atoms with Crippen molar-refractivity contribution in [2.45, 2.75) is 45.4 Å². The number of piperidine rings is 1. The molecule has 1 saturated heterocycles. The van der Waals surface area contributed by atoms with E-state index in [0.29, 0.717) is 18.4 Å². The fraction of sp³-hybridized carbons (Fsp3) is 0.929. The van der Waals surface area contributed by atoms with E-state index in [9.17, 15) is 4.79 Å². The first kappa shape index (κ1) is 12.9. The summed E-state index contributed by atoms with van der Waals surface area (Å²) in [6.07, 6.45) is 7.05. The van der Waals surface area contributed by atoms with Gasteiger partial charge in [0.05, 0.1) is 0 Å². The molecule has 1 saturated carbocycles. The molecule has 0 aromatic carbocycles. The van der Waals surface area contributed by atoms with Crippen molar-refractivity contribution in [1.29, 1.82) is 0 Å². The molecule has 1 aliphatic carbocycles. The smallest absolute Gasteiger partial charge is 0.226 e. The number of nitrogens with zero attached hydrogens (tertiary/aromatic N) is 1. The third kappa shape index (κ3) is 2.82. The van der Waals surface area contributed by atoms with Gasteiger partial charge in [0.1, 0.15) is 0 Å². The number of nitrogens with two attached hydrogens (primary N) is 1. The molecule has 1 amide bonds. The second kappa shape index (κ2) is 5.85. The standard InChI is InChI=1S/C14H26N2O/c1-2-11-6-8-16(9-7-11)14(17)13-5-3-4-12(13)10-15/h11-13H,2-10,15H2,1H3/t12-,13-/m1/s1. The lowest BCUT2D eigenvalue weighted by Gasteiger charge is -2.34. The Bertz CT molecular complexity index is 259. The summed E-state index contributed by atoms with van der Waals surface area (Å²) in [5.41, 5.74) is 5.76. The maximum Gasteiger partial charge on any atom is 0.226 e. The maximum absolute atomic E-state index is 12.4. The lowest BCUT2D eigenvalue weighted by atomic mass is 9.91. The zero-order valence-electron chi connectivity index (χ0n) is 11.0. The van der Waals surface area contributed by atoms with E-state index in [1.165, 1.54) is 25.7 Å². The molecular weight excluding hydrogens is 212 g/mol. The predicted octanol–water partition coefficient (Wildman–Crippen LogP) is 2.01. The van der Waals surface area contributed by atoms with Crippen molar-refractivity contribution in [2.75, 3.05) is 19.6 Å². The van der Waals surface area contributed by atoms with E-state index in [1.54, 1.807) is 0 Å². The Morgan fingerprint density at radius 1 is 1.24 bits per heavy atom. The molecule has 0 bridgehead atoms. The molecule has 2 N–H and O–H groups in total. The van der Waals surface area contributed by atoms with E-state index in [2.05, 4.69) is 11.8 Å². The fourth-order valence-corrected chi connectivity index (χ4v) is 3.44. The van der Waals surface area contributed by atoms with E-state index in [1.807, 2.05) is 0 Å². The number of hydrogen-bond donors (Lipinski definition) is 1. The number of rotatable bonds is 3. The van der Waals surface area contributed by atoms with Gasteiger partial charge < -0.3 is 10.6 Å². The van der Waals surface area contributed by atoms with Crippen LogP contribution in [-0.2, 0) is 4.79 Å². The SMILES string of the molecule is CCC1CCN(C(=O)[C@@H]2CCC[C@@H]2CN)CC1. The molecule has 1 heterocycles. The molecule has 0 spiro atoms. The molecule has 17 heavy (non-hydrogen) atoms. The molecule has 2 fully saturated rings. The molecule has 3 nitrogen and oxygen atoms in total. The molecule has 0 radical (unpaired) electrons. The van der Waals surface area contributed by atoms with Gasteiger partial charge in [-0.15, -0.1) is 0 Å². The van der Waals surface area contributed by atoms with Crippen molar-refractivity contribution in [2.24, 2.45) is 23.5 Å². The van der Waals surface area contributed by atoms with Gasteiger partial charge >= 0.3 is 0 Å². The highest BCUT2D eigenvalue weighted by Gasteiger charge is 2.35. The van der Waals surface area contributed by atoms with E-state index in [0.717, 1.165) is 31.8 Å². The fourth-order valence-electron chi connectivity index (χ4n) is 3.44. The second-order valence-corrected chi connectivity index (χ2v) is 5.71. The second-order valence-electron chi connectivity index (χ2n) is 5.71. The maximum atomic E-state index is 12.4. The Balaban J connectivity index is 1.88. The van der Waals surface area contributed by atoms with Gasteiger partial charge in [0, 0.05) is 19.0 Å². The topological polar surface area (TPSA) is 46.3 Å². The average Bonchev–Trinajstić information content (AvgIpc) is 2.86. The van der Waals surface area contributed by atoms with Crippen LogP contribution in [0.25, 0.3) is 0 Å². The Kier molecular flexibility index (Phi) is 4.43. The zero-order valence-corrected chi connectivity index (χ0v) is 11.0. The lowest BCUT2D eigenvalue weighted by molar-refractivity contribution is -0.138. The van der Waals surface area contributed by atoms with Crippen LogP contribution in [0.1, 0.15) is 45.4 Å². The van der Waals surface area contributed by atoms with Gasteiger partial charge in [-0.25, -0.2) is 0 Å². The van der Waals surface area contributed by atoms with Gasteiger partial charge in [-0.2, -0.15) is 0 Å². The van der Waals surface area contributed by atoms with Crippen LogP contribution in [0.4, 0.5) is 0 Å². The minimum Gasteiger partial charge on any atom is -0.342 e. The Morgan fingerprint density at radius 2 is 1.94 bits per heavy atom. The minimum atomic E-state index is 0.234. The van der Waals surface area contributed by atoms with Crippen LogP contribution in [0.2, 0.25) is 0 Å². The third-order valence-corrected chi connectivity index (χ3v) is 4.78. The number of likely N-dealkylation sites (tertiary alicyclic amines) is 1. The van der Waals surface area contributed by atoms with Gasteiger partial charge in [0.15, 0.2) is 0 Å². The van der Waals surface area contributed by atoms with Gasteiger partial charge in [-0.3, -0.25) is 4.79 Å². The van der Waals surface area contributed by atoms with Crippen LogP contribution >= 0.6 is 0 Å². The molecule has 2 aliphatic rings. The normalized spacial score (nSPS) is 30.8. The summed E-state index contributed by atoms with van der Waals surface area (Å²) >= 11 is 0. The van der Waals surface area contributed by atoms with Crippen molar-refractivity contribution in [3.05, 3.63) is 0 Å². The summed E-state index contributed by atoms with van der Waals surface area (Å²) < 4.78 is 0. The summed E-state index contributed by atoms with van der Waals surface area (Å²) in [4.78, 5) is 14.5. The van der Waals surface area contributed by atoms with Gasteiger partial charge in [0.25, 0.3) is 0 Å². The van der Waals surface area contributed by atoms with Crippen LogP contribution in [0.15, 0.2) is 0 Å². The van der Waals surface area contributed by atoms with Crippen molar-refractivity contribution in [3.8, 4) is 0 Å². The molecule has 0 aromatic heterocycles. The summed E-state index contributed by atoms with van der Waals surface area (Å²) in [6.45, 7) is 4.89. The summed E-state index contributed by atoms with van der Waals surface area (Å²) in [6, 6.07) is 0. The Morgan fingerprint density at radius 3 is 2.53 bits per heavy atom. The number of carbonyl (C=O) groups excluding carboxylic acids is 1. The van der Waals surface area contributed by atoms with E-state index in [4.69, 9.17) is 5.73 Å². The van der Waals surface area contributed by atoms with E-state index < -0.39 is 0 Å². The molecule has 0 unspecified atom stereocenters. The van der Waals surface area contributed by atoms with Gasteiger partial charge in [0.2, 0.25) is 5.91 Å². The Hall–Kier alpha value is -0.570. The third-order valence-electron chi connectivity index (χ3n) is 4.78. The monoisotopic (exact) mass is 238 g/mol. The molecule has 1 aliphatic heterocycles. The molecule has 0 aromatic rings. The number of amides is 1. The van der Waals surface area contributed by atoms with Crippen LogP contribution in [0.3, 0.4) is 0 Å². The molecule has 2 atom stereocenters. The van der Waals surface area contributed by atoms with Crippen molar-refractivity contribution in [1.82, 2.24) is 4.90 Å². The van der Waals surface area contributed by atoms with Crippen molar-refractivity contribution in [3.63, 3.8) is 0 Å². The van der Waals surface area contributed by atoms with Gasteiger partial charge in [-0.05, 0) is 44.1 Å². The van der Waals surface area contributed by atoms with Crippen LogP contribution in [-0.4, -0.2) is 30.4 Å². The molecular formula is C14H26N2O. The summed E-state index contributed by atoms with van der Waals surface area (Å²) in [5.74, 6) is 1.92. The molecule has 2 rings (SSSR count). The minimum absolute atomic E-state index is 0.234. The zero-order chi connectivity index (χ0) is 12.3. The first-order valence-corrected chi connectivity index (χ1v) is 7.25. The first-order chi connectivity index (χ1) is 8.26. The Labute approximate surface area is 105 Å². The molecule has 3 heteroatoms. The highest BCUT2D eigenvalue weighted by Crippen LogP contribution is 2.33. The summed E-state index contributed by atoms with van der Waals surface area (Å²) in [5, 5.41) is 0. The highest BCUT2D eigenvalue weighted by atomic mass is 16.2. The van der Waals surface area contributed by atoms with Crippen LogP contribution in [0, 0.1) is 17.8 Å². The van der Waals surface area contributed by atoms with E-state index in [-0.39, 0.29) is 5.92 Å². The quantitative estimate of drug-likeness (QED) is 0.817.